The predicted molar refractivity (Wildman–Crippen MR) is 33.1 cm³/mol. The highest BCUT2D eigenvalue weighted by Crippen LogP contribution is 2.30. The molecule has 9 heavy (non-hydrogen) atoms. The summed E-state index contributed by atoms with van der Waals surface area (Å²) in [7, 11) is 0. The molecule has 2 aliphatic heterocycles. The molecule has 2 saturated heterocycles. The van der Waals surface area contributed by atoms with E-state index in [9.17, 15) is 0 Å². The Balaban J connectivity index is 2.07. The van der Waals surface area contributed by atoms with E-state index in [-0.39, 0.29) is 6.29 Å². The van der Waals surface area contributed by atoms with Gasteiger partial charge in [-0.25, -0.2) is 0 Å². The minimum absolute atomic E-state index is 0.138. The van der Waals surface area contributed by atoms with Crippen LogP contribution in [0.4, 0.5) is 0 Å². The van der Waals surface area contributed by atoms with Crippen LogP contribution in [-0.4, -0.2) is 18.5 Å². The zero-order chi connectivity index (χ0) is 6.27. The Morgan fingerprint density at radius 2 is 2.11 bits per heavy atom. The highest BCUT2D eigenvalue weighted by atomic mass is 16.7. The number of rotatable bonds is 0. The van der Waals surface area contributed by atoms with Gasteiger partial charge in [0.1, 0.15) is 0 Å². The second-order valence-corrected chi connectivity index (χ2v) is 2.88. The van der Waals surface area contributed by atoms with Crippen molar-refractivity contribution in [2.45, 2.75) is 44.7 Å². The molecular formula is C7H12O2. The van der Waals surface area contributed by atoms with E-state index >= 15 is 0 Å². The number of hydrogen-bond donors (Lipinski definition) is 0. The van der Waals surface area contributed by atoms with E-state index in [4.69, 9.17) is 9.47 Å². The van der Waals surface area contributed by atoms with Gasteiger partial charge in [-0.3, -0.25) is 0 Å². The highest BCUT2D eigenvalue weighted by Gasteiger charge is 2.35. The van der Waals surface area contributed by atoms with Crippen LogP contribution in [0.25, 0.3) is 0 Å². The molecule has 0 radical (unpaired) electrons. The summed E-state index contributed by atoms with van der Waals surface area (Å²) in [6.07, 6.45) is 4.46. The lowest BCUT2D eigenvalue weighted by Gasteiger charge is -2.16. The van der Waals surface area contributed by atoms with Crippen LogP contribution in [0.15, 0.2) is 0 Å². The molecule has 0 aromatic heterocycles. The van der Waals surface area contributed by atoms with Crippen LogP contribution in [0.3, 0.4) is 0 Å². The van der Waals surface area contributed by atoms with Gasteiger partial charge in [-0.1, -0.05) is 0 Å². The van der Waals surface area contributed by atoms with E-state index in [1.54, 1.807) is 0 Å². The average Bonchev–Trinajstić information content (AvgIpc) is 2.09. The lowest BCUT2D eigenvalue weighted by molar-refractivity contribution is -0.0855. The van der Waals surface area contributed by atoms with E-state index in [0.29, 0.717) is 12.2 Å². The minimum atomic E-state index is 0.138. The van der Waals surface area contributed by atoms with Gasteiger partial charge < -0.3 is 9.47 Å². The molecule has 3 atom stereocenters. The maximum absolute atomic E-state index is 5.49. The van der Waals surface area contributed by atoms with Crippen molar-refractivity contribution < 1.29 is 9.47 Å². The molecule has 0 aromatic carbocycles. The van der Waals surface area contributed by atoms with Crippen molar-refractivity contribution in [3.63, 3.8) is 0 Å². The molecule has 2 aliphatic rings. The van der Waals surface area contributed by atoms with Crippen molar-refractivity contribution in [3.8, 4) is 0 Å². The third-order valence-electron chi connectivity index (χ3n) is 2.15. The molecule has 0 spiro atoms. The molecule has 0 amide bonds. The van der Waals surface area contributed by atoms with Gasteiger partial charge in [0.25, 0.3) is 0 Å². The molecule has 2 heterocycles. The third-order valence-corrected chi connectivity index (χ3v) is 2.15. The Morgan fingerprint density at radius 1 is 1.22 bits per heavy atom. The van der Waals surface area contributed by atoms with Crippen LogP contribution < -0.4 is 0 Å². The molecule has 2 fully saturated rings. The maximum atomic E-state index is 5.49. The van der Waals surface area contributed by atoms with E-state index < -0.39 is 0 Å². The number of hydrogen-bond acceptors (Lipinski definition) is 2. The van der Waals surface area contributed by atoms with Gasteiger partial charge in [0.2, 0.25) is 0 Å². The standard InChI is InChI=1S/C7H12O2/c1-5-6-3-2-4-7(8-5)9-6/h5-7H,2-4H2,1H3/t5-,6-,7+/m1/s1. The summed E-state index contributed by atoms with van der Waals surface area (Å²) >= 11 is 0. The van der Waals surface area contributed by atoms with E-state index in [2.05, 4.69) is 6.92 Å². The Bertz CT molecular complexity index is 111. The van der Waals surface area contributed by atoms with Gasteiger partial charge in [0.15, 0.2) is 6.29 Å². The molecule has 0 aromatic rings. The first kappa shape index (κ1) is 5.69. The molecule has 2 nitrogen and oxygen atoms in total. The summed E-state index contributed by atoms with van der Waals surface area (Å²) < 4.78 is 11.0. The van der Waals surface area contributed by atoms with E-state index in [0.717, 1.165) is 6.42 Å². The SMILES string of the molecule is C[C@H]1O[C@@H]2CCC[C@H]1O2. The van der Waals surface area contributed by atoms with Crippen molar-refractivity contribution in [1.29, 1.82) is 0 Å². The monoisotopic (exact) mass is 128 g/mol. The lowest BCUT2D eigenvalue weighted by Crippen LogP contribution is -2.21. The molecule has 2 rings (SSSR count). The molecule has 2 bridgehead atoms. The fraction of sp³-hybridized carbons (Fsp3) is 1.00. The van der Waals surface area contributed by atoms with Gasteiger partial charge in [0.05, 0.1) is 12.2 Å². The Labute approximate surface area is 55.1 Å². The van der Waals surface area contributed by atoms with E-state index in [1.165, 1.54) is 12.8 Å². The Morgan fingerprint density at radius 3 is 2.78 bits per heavy atom. The van der Waals surface area contributed by atoms with Crippen LogP contribution in [0.1, 0.15) is 26.2 Å². The van der Waals surface area contributed by atoms with Crippen molar-refractivity contribution in [2.75, 3.05) is 0 Å². The average molecular weight is 128 g/mol. The van der Waals surface area contributed by atoms with Crippen LogP contribution in [0, 0.1) is 0 Å². The summed E-state index contributed by atoms with van der Waals surface area (Å²) in [6.45, 7) is 2.09. The summed E-state index contributed by atoms with van der Waals surface area (Å²) in [4.78, 5) is 0. The molecular weight excluding hydrogens is 116 g/mol. The summed E-state index contributed by atoms with van der Waals surface area (Å²) in [5.74, 6) is 0. The molecule has 2 heteroatoms. The minimum Gasteiger partial charge on any atom is -0.347 e. The number of ether oxygens (including phenoxy) is 2. The maximum Gasteiger partial charge on any atom is 0.158 e. The highest BCUT2D eigenvalue weighted by molar-refractivity contribution is 4.78. The smallest absolute Gasteiger partial charge is 0.158 e. The second-order valence-electron chi connectivity index (χ2n) is 2.88. The second kappa shape index (κ2) is 1.96. The first-order valence-corrected chi connectivity index (χ1v) is 3.67. The topological polar surface area (TPSA) is 18.5 Å². The van der Waals surface area contributed by atoms with Gasteiger partial charge in [-0.15, -0.1) is 0 Å². The molecule has 0 aliphatic carbocycles. The van der Waals surface area contributed by atoms with Crippen molar-refractivity contribution in [2.24, 2.45) is 0 Å². The zero-order valence-corrected chi connectivity index (χ0v) is 5.67. The largest absolute Gasteiger partial charge is 0.347 e. The molecule has 0 N–H and O–H groups in total. The summed E-state index contributed by atoms with van der Waals surface area (Å²) in [6, 6.07) is 0. The van der Waals surface area contributed by atoms with Crippen LogP contribution >= 0.6 is 0 Å². The summed E-state index contributed by atoms with van der Waals surface area (Å²) in [5, 5.41) is 0. The Hall–Kier alpha value is -0.0800. The lowest BCUT2D eigenvalue weighted by atomic mass is 10.1. The first-order chi connectivity index (χ1) is 4.36. The van der Waals surface area contributed by atoms with Gasteiger partial charge in [-0.05, 0) is 26.2 Å². The summed E-state index contributed by atoms with van der Waals surface area (Å²) in [5.41, 5.74) is 0. The molecule has 0 saturated carbocycles. The van der Waals surface area contributed by atoms with Crippen molar-refractivity contribution in [1.82, 2.24) is 0 Å². The van der Waals surface area contributed by atoms with Crippen LogP contribution in [0.5, 0.6) is 0 Å². The van der Waals surface area contributed by atoms with Gasteiger partial charge in [-0.2, -0.15) is 0 Å². The molecule has 52 valence electrons. The molecule has 0 unspecified atom stereocenters. The quantitative estimate of drug-likeness (QED) is 0.489. The van der Waals surface area contributed by atoms with E-state index in [1.807, 2.05) is 0 Å². The van der Waals surface area contributed by atoms with Crippen LogP contribution in [0.2, 0.25) is 0 Å². The normalized spacial score (nSPS) is 49.7. The Kier molecular flexibility index (Phi) is 1.24. The van der Waals surface area contributed by atoms with Crippen molar-refractivity contribution >= 4 is 0 Å². The van der Waals surface area contributed by atoms with Gasteiger partial charge in [0, 0.05) is 0 Å². The van der Waals surface area contributed by atoms with Crippen molar-refractivity contribution in [3.05, 3.63) is 0 Å². The number of fused-ring (bicyclic) bond motifs is 2. The third kappa shape index (κ3) is 0.864. The predicted octanol–water partition coefficient (Wildman–Crippen LogP) is 1.30. The fourth-order valence-corrected chi connectivity index (χ4v) is 1.59. The van der Waals surface area contributed by atoms with Crippen LogP contribution in [-0.2, 0) is 9.47 Å². The first-order valence-electron chi connectivity index (χ1n) is 3.67. The fourth-order valence-electron chi connectivity index (χ4n) is 1.59. The van der Waals surface area contributed by atoms with Gasteiger partial charge >= 0.3 is 0 Å². The zero-order valence-electron chi connectivity index (χ0n) is 5.67.